The summed E-state index contributed by atoms with van der Waals surface area (Å²) in [6, 6.07) is 12.0. The van der Waals surface area contributed by atoms with Gasteiger partial charge in [0.2, 0.25) is 5.52 Å². The van der Waals surface area contributed by atoms with Crippen molar-refractivity contribution >= 4 is 22.7 Å². The van der Waals surface area contributed by atoms with Gasteiger partial charge in [-0.1, -0.05) is 30.8 Å². The Bertz CT molecular complexity index is 1230. The van der Waals surface area contributed by atoms with Crippen LogP contribution in [-0.4, -0.2) is 49.7 Å². The zero-order valence-corrected chi connectivity index (χ0v) is 18.9. The second-order valence-corrected chi connectivity index (χ2v) is 8.55. The number of benzene rings is 1. The summed E-state index contributed by atoms with van der Waals surface area (Å²) >= 11 is 0. The molecule has 0 saturated carbocycles. The average molecular weight is 433 g/mol. The van der Waals surface area contributed by atoms with Crippen molar-refractivity contribution in [2.45, 2.75) is 45.5 Å². The van der Waals surface area contributed by atoms with Crippen LogP contribution in [0.25, 0.3) is 15.9 Å². The van der Waals surface area contributed by atoms with Crippen LogP contribution >= 0.6 is 0 Å². The van der Waals surface area contributed by atoms with E-state index in [0.717, 1.165) is 12.1 Å². The summed E-state index contributed by atoms with van der Waals surface area (Å²) < 4.78 is 1.47. The van der Waals surface area contributed by atoms with Gasteiger partial charge in [0.15, 0.2) is 5.82 Å². The number of aliphatic hydroxyl groups is 1. The molecule has 1 saturated heterocycles. The molecule has 3 atom stereocenters. The first-order valence-electron chi connectivity index (χ1n) is 10.8. The van der Waals surface area contributed by atoms with E-state index in [2.05, 4.69) is 57.5 Å². The fraction of sp³-hybridized carbons (Fsp3) is 0.417. The number of aliphatic hydroxyl groups excluding tert-OH is 1. The highest BCUT2D eigenvalue weighted by molar-refractivity contribution is 5.87. The maximum absolute atomic E-state index is 12.6. The first-order chi connectivity index (χ1) is 15.3. The molecule has 1 aromatic carbocycles. The van der Waals surface area contributed by atoms with Gasteiger partial charge in [-0.25, -0.2) is 4.79 Å². The highest BCUT2D eigenvalue weighted by Crippen LogP contribution is 2.32. The van der Waals surface area contributed by atoms with Gasteiger partial charge in [0.1, 0.15) is 0 Å². The molecule has 4 rings (SSSR count). The number of nitrogens with zero attached hydrogens (tertiary/aromatic N) is 6. The third-order valence-electron chi connectivity index (χ3n) is 6.48. The third-order valence-corrected chi connectivity index (χ3v) is 6.48. The molecule has 1 fully saturated rings. The van der Waals surface area contributed by atoms with Crippen molar-refractivity contribution in [1.29, 1.82) is 0 Å². The molecule has 3 heterocycles. The summed E-state index contributed by atoms with van der Waals surface area (Å²) in [5.74, 6) is 0.839. The standard InChI is InChI=1S/C24H28N6O2/c1-15-13-30(16(2)12-29(15)17(3)19-8-6-18(14-31)7-9-19)23-22-20(28(5)24(32)27-23)10-11-21(25-4)26-22/h6-11,15-17,31H,12-14H2,1-3,5H3/t15-,16+,17?/m1/s1. The van der Waals surface area contributed by atoms with Gasteiger partial charge < -0.3 is 14.9 Å². The summed E-state index contributed by atoms with van der Waals surface area (Å²) in [6.07, 6.45) is 0. The number of piperazine rings is 1. The number of fused-ring (bicyclic) bond motifs is 1. The average Bonchev–Trinajstić information content (AvgIpc) is 2.82. The van der Waals surface area contributed by atoms with Crippen molar-refractivity contribution in [3.05, 3.63) is 69.4 Å². The largest absolute Gasteiger partial charge is 0.392 e. The van der Waals surface area contributed by atoms with Gasteiger partial charge in [0, 0.05) is 38.3 Å². The van der Waals surface area contributed by atoms with Crippen LogP contribution in [0.5, 0.6) is 0 Å². The van der Waals surface area contributed by atoms with Gasteiger partial charge in [0.05, 0.1) is 12.1 Å². The highest BCUT2D eigenvalue weighted by atomic mass is 16.3. The molecular formula is C24H28N6O2. The lowest BCUT2D eigenvalue weighted by molar-refractivity contribution is 0.119. The SMILES string of the molecule is [C-]#[N+]c1ccc2c(n1)c(N1C[C@@H](C)N(C(C)c3ccc(CO)cc3)C[C@@H]1C)nc(=O)n2C. The summed E-state index contributed by atoms with van der Waals surface area (Å²) in [5.41, 5.74) is 3.04. The van der Waals surface area contributed by atoms with Crippen LogP contribution in [0.1, 0.15) is 37.9 Å². The Morgan fingerprint density at radius 2 is 1.84 bits per heavy atom. The fourth-order valence-corrected chi connectivity index (χ4v) is 4.54. The Balaban J connectivity index is 1.66. The van der Waals surface area contributed by atoms with E-state index in [4.69, 9.17) is 6.57 Å². The monoisotopic (exact) mass is 432 g/mol. The number of rotatable bonds is 4. The second kappa shape index (κ2) is 8.69. The van der Waals surface area contributed by atoms with Crippen molar-refractivity contribution in [2.75, 3.05) is 18.0 Å². The molecule has 3 aromatic rings. The molecule has 2 aromatic heterocycles. The lowest BCUT2D eigenvalue weighted by Gasteiger charge is -2.47. The lowest BCUT2D eigenvalue weighted by atomic mass is 10.00. The minimum absolute atomic E-state index is 0.0432. The Morgan fingerprint density at radius 1 is 1.12 bits per heavy atom. The van der Waals surface area contributed by atoms with E-state index < -0.39 is 0 Å². The molecule has 8 nitrogen and oxygen atoms in total. The van der Waals surface area contributed by atoms with Crippen molar-refractivity contribution in [3.8, 4) is 0 Å². The van der Waals surface area contributed by atoms with Gasteiger partial charge >= 0.3 is 5.69 Å². The van der Waals surface area contributed by atoms with E-state index >= 15 is 0 Å². The second-order valence-electron chi connectivity index (χ2n) is 8.55. The van der Waals surface area contributed by atoms with Gasteiger partial charge in [0.25, 0.3) is 5.82 Å². The molecule has 8 heteroatoms. The van der Waals surface area contributed by atoms with Crippen LogP contribution in [0.15, 0.2) is 41.2 Å². The van der Waals surface area contributed by atoms with Crippen molar-refractivity contribution < 1.29 is 5.11 Å². The normalized spacial score (nSPS) is 20.3. The Kier molecular flexibility index (Phi) is 5.96. The fourth-order valence-electron chi connectivity index (χ4n) is 4.54. The molecule has 166 valence electrons. The van der Waals surface area contributed by atoms with Crippen LogP contribution in [0.4, 0.5) is 11.6 Å². The zero-order valence-electron chi connectivity index (χ0n) is 18.9. The summed E-state index contributed by atoms with van der Waals surface area (Å²) in [6.45, 7) is 15.4. The van der Waals surface area contributed by atoms with Crippen molar-refractivity contribution in [1.82, 2.24) is 19.4 Å². The molecule has 0 aliphatic carbocycles. The third kappa shape index (κ3) is 3.85. The minimum Gasteiger partial charge on any atom is -0.392 e. The maximum atomic E-state index is 12.6. The molecule has 32 heavy (non-hydrogen) atoms. The molecule has 0 radical (unpaired) electrons. The number of aryl methyl sites for hydroxylation is 1. The van der Waals surface area contributed by atoms with E-state index in [0.29, 0.717) is 29.2 Å². The number of hydrogen-bond donors (Lipinski definition) is 1. The highest BCUT2D eigenvalue weighted by Gasteiger charge is 2.35. The first kappa shape index (κ1) is 21.9. The molecule has 1 N–H and O–H groups in total. The molecule has 0 spiro atoms. The molecule has 1 aliphatic heterocycles. The van der Waals surface area contributed by atoms with Gasteiger partial charge in [-0.15, -0.1) is 4.98 Å². The van der Waals surface area contributed by atoms with Crippen LogP contribution < -0.4 is 10.6 Å². The minimum atomic E-state index is -0.329. The van der Waals surface area contributed by atoms with E-state index in [9.17, 15) is 9.90 Å². The van der Waals surface area contributed by atoms with Gasteiger partial charge in [-0.05, 0) is 44.0 Å². The number of hydrogen-bond acceptors (Lipinski definition) is 6. The van der Waals surface area contributed by atoms with E-state index in [1.807, 2.05) is 12.1 Å². The molecule has 1 aliphatic rings. The summed E-state index contributed by atoms with van der Waals surface area (Å²) in [7, 11) is 1.67. The summed E-state index contributed by atoms with van der Waals surface area (Å²) in [4.78, 5) is 29.5. The number of pyridine rings is 1. The smallest absolute Gasteiger partial charge is 0.350 e. The van der Waals surface area contributed by atoms with Gasteiger partial charge in [-0.3, -0.25) is 9.47 Å². The van der Waals surface area contributed by atoms with E-state index in [-0.39, 0.29) is 30.4 Å². The number of anilines is 1. The van der Waals surface area contributed by atoms with E-state index in [1.54, 1.807) is 19.2 Å². The Morgan fingerprint density at radius 3 is 2.50 bits per heavy atom. The molecule has 0 bridgehead atoms. The van der Waals surface area contributed by atoms with E-state index in [1.165, 1.54) is 10.1 Å². The van der Waals surface area contributed by atoms with Crippen LogP contribution in [-0.2, 0) is 13.7 Å². The molecular weight excluding hydrogens is 404 g/mol. The Hall–Kier alpha value is -3.28. The summed E-state index contributed by atoms with van der Waals surface area (Å²) in [5, 5.41) is 9.31. The quantitative estimate of drug-likeness (QED) is 0.639. The number of aromatic nitrogens is 3. The first-order valence-corrected chi connectivity index (χ1v) is 10.8. The molecule has 1 unspecified atom stereocenters. The zero-order chi connectivity index (χ0) is 23.0. The van der Waals surface area contributed by atoms with Crippen LogP contribution in [0.3, 0.4) is 0 Å². The van der Waals surface area contributed by atoms with Crippen LogP contribution in [0.2, 0.25) is 0 Å². The Labute approximate surface area is 187 Å². The van der Waals surface area contributed by atoms with Crippen LogP contribution in [0, 0.1) is 6.57 Å². The van der Waals surface area contributed by atoms with Crippen molar-refractivity contribution in [2.24, 2.45) is 7.05 Å². The predicted octanol–water partition coefficient (Wildman–Crippen LogP) is 3.03. The van der Waals surface area contributed by atoms with Crippen molar-refractivity contribution in [3.63, 3.8) is 0 Å². The lowest BCUT2D eigenvalue weighted by Crippen LogP contribution is -2.57. The maximum Gasteiger partial charge on any atom is 0.350 e. The molecule has 0 amide bonds. The topological polar surface area (TPSA) is 78.9 Å². The predicted molar refractivity (Wildman–Crippen MR) is 125 cm³/mol. The van der Waals surface area contributed by atoms with Gasteiger partial charge in [-0.2, -0.15) is 4.98 Å².